The van der Waals surface area contributed by atoms with E-state index in [4.69, 9.17) is 0 Å². The van der Waals surface area contributed by atoms with Crippen LogP contribution in [0.15, 0.2) is 18.6 Å². The van der Waals surface area contributed by atoms with Crippen molar-refractivity contribution in [2.24, 2.45) is 0 Å². The fraction of sp³-hybridized carbons (Fsp3) is 0.364. The fourth-order valence-electron chi connectivity index (χ4n) is 1.57. The third-order valence-electron chi connectivity index (χ3n) is 2.39. The lowest BCUT2D eigenvalue weighted by Gasteiger charge is -2.06. The molecule has 0 aliphatic carbocycles. The molecule has 84 valence electrons. The number of hydrogen-bond donors (Lipinski definition) is 1. The fourth-order valence-corrected chi connectivity index (χ4v) is 1.57. The maximum Gasteiger partial charge on any atom is 0.180 e. The Morgan fingerprint density at radius 2 is 2.19 bits per heavy atom. The summed E-state index contributed by atoms with van der Waals surface area (Å²) >= 11 is 0. The first-order valence-corrected chi connectivity index (χ1v) is 5.28. The number of anilines is 1. The Kier molecular flexibility index (Phi) is 2.85. The molecule has 0 saturated heterocycles. The van der Waals surface area contributed by atoms with Crippen molar-refractivity contribution >= 4 is 5.82 Å². The van der Waals surface area contributed by atoms with Gasteiger partial charge < -0.3 is 9.88 Å². The normalized spacial score (nSPS) is 10.4. The summed E-state index contributed by atoms with van der Waals surface area (Å²) in [5.41, 5.74) is 1.89. The number of nitrogens with zero attached hydrogens (tertiary/aromatic N) is 4. The first kappa shape index (κ1) is 10.6. The largest absolute Gasteiger partial charge is 0.373 e. The van der Waals surface area contributed by atoms with Crippen LogP contribution in [-0.2, 0) is 6.54 Å². The van der Waals surface area contributed by atoms with Crippen LogP contribution >= 0.6 is 0 Å². The average molecular weight is 217 g/mol. The predicted octanol–water partition coefficient (Wildman–Crippen LogP) is 1.71. The molecule has 1 N–H and O–H groups in total. The highest BCUT2D eigenvalue weighted by Crippen LogP contribution is 2.17. The van der Waals surface area contributed by atoms with Gasteiger partial charge in [-0.1, -0.05) is 0 Å². The van der Waals surface area contributed by atoms with E-state index < -0.39 is 0 Å². The molecule has 5 heteroatoms. The summed E-state index contributed by atoms with van der Waals surface area (Å²) in [5.74, 6) is 1.54. The number of aryl methyl sites for hydroxylation is 2. The van der Waals surface area contributed by atoms with Gasteiger partial charge in [0, 0.05) is 25.4 Å². The van der Waals surface area contributed by atoms with E-state index in [1.54, 1.807) is 12.5 Å². The monoisotopic (exact) mass is 217 g/mol. The summed E-state index contributed by atoms with van der Waals surface area (Å²) < 4.78 is 2.02. The van der Waals surface area contributed by atoms with Crippen LogP contribution in [0, 0.1) is 6.92 Å². The Labute approximate surface area is 94.6 Å². The quantitative estimate of drug-likeness (QED) is 0.850. The molecule has 2 aromatic heterocycles. The van der Waals surface area contributed by atoms with Crippen molar-refractivity contribution in [2.45, 2.75) is 20.4 Å². The smallest absolute Gasteiger partial charge is 0.180 e. The summed E-state index contributed by atoms with van der Waals surface area (Å²) in [7, 11) is 1.85. The minimum Gasteiger partial charge on any atom is -0.373 e. The number of nitrogens with one attached hydrogen (secondary N) is 1. The zero-order valence-electron chi connectivity index (χ0n) is 9.73. The molecular weight excluding hydrogens is 202 g/mol. The Hall–Kier alpha value is -1.91. The zero-order chi connectivity index (χ0) is 11.5. The van der Waals surface area contributed by atoms with Crippen LogP contribution in [0.1, 0.15) is 12.6 Å². The van der Waals surface area contributed by atoms with Crippen molar-refractivity contribution in [1.82, 2.24) is 19.5 Å². The second kappa shape index (κ2) is 4.30. The van der Waals surface area contributed by atoms with E-state index in [-0.39, 0.29) is 0 Å². The van der Waals surface area contributed by atoms with Crippen molar-refractivity contribution in [3.63, 3.8) is 0 Å². The lowest BCUT2D eigenvalue weighted by Crippen LogP contribution is -2.02. The molecule has 0 unspecified atom stereocenters. The van der Waals surface area contributed by atoms with Crippen LogP contribution in [0.25, 0.3) is 11.5 Å². The molecule has 0 aliphatic heterocycles. The average Bonchev–Trinajstić information content (AvgIpc) is 2.76. The first-order valence-electron chi connectivity index (χ1n) is 5.28. The van der Waals surface area contributed by atoms with E-state index in [0.717, 1.165) is 23.8 Å². The molecule has 16 heavy (non-hydrogen) atoms. The maximum atomic E-state index is 4.42. The van der Waals surface area contributed by atoms with Crippen molar-refractivity contribution in [2.75, 3.05) is 12.4 Å². The molecule has 0 radical (unpaired) electrons. The number of imidazole rings is 1. The molecule has 2 aromatic rings. The molecule has 0 aromatic carbocycles. The number of hydrogen-bond acceptors (Lipinski definition) is 4. The topological polar surface area (TPSA) is 55.6 Å². The van der Waals surface area contributed by atoms with Crippen LogP contribution in [0.5, 0.6) is 0 Å². The predicted molar refractivity (Wildman–Crippen MR) is 63.2 cm³/mol. The lowest BCUT2D eigenvalue weighted by atomic mass is 10.3. The van der Waals surface area contributed by atoms with E-state index >= 15 is 0 Å². The summed E-state index contributed by atoms with van der Waals surface area (Å²) in [4.78, 5) is 13.0. The summed E-state index contributed by atoms with van der Waals surface area (Å²) in [6, 6.07) is 1.91. The zero-order valence-corrected chi connectivity index (χ0v) is 9.73. The van der Waals surface area contributed by atoms with Gasteiger partial charge in [-0.05, 0) is 13.8 Å². The molecule has 2 rings (SSSR count). The second-order valence-electron chi connectivity index (χ2n) is 3.53. The second-order valence-corrected chi connectivity index (χ2v) is 3.53. The SMILES string of the molecule is CCn1cncc1-c1nc(C)cc(NC)n1. The summed E-state index contributed by atoms with van der Waals surface area (Å²) in [5, 5.41) is 3.03. The Balaban J connectivity index is 2.51. The summed E-state index contributed by atoms with van der Waals surface area (Å²) in [6.07, 6.45) is 3.58. The molecular formula is C11H15N5. The van der Waals surface area contributed by atoms with Crippen molar-refractivity contribution in [3.8, 4) is 11.5 Å². The number of aromatic nitrogens is 4. The lowest BCUT2D eigenvalue weighted by molar-refractivity contribution is 0.763. The van der Waals surface area contributed by atoms with E-state index in [1.165, 1.54) is 0 Å². The van der Waals surface area contributed by atoms with Gasteiger partial charge in [0.1, 0.15) is 11.5 Å². The van der Waals surface area contributed by atoms with Crippen molar-refractivity contribution in [1.29, 1.82) is 0 Å². The molecule has 0 amide bonds. The molecule has 0 spiro atoms. The van der Waals surface area contributed by atoms with Crippen LogP contribution in [-0.4, -0.2) is 26.6 Å². The van der Waals surface area contributed by atoms with Gasteiger partial charge in [-0.3, -0.25) is 0 Å². The number of rotatable bonds is 3. The van der Waals surface area contributed by atoms with E-state index in [2.05, 4.69) is 27.2 Å². The molecule has 0 bridgehead atoms. The highest BCUT2D eigenvalue weighted by atomic mass is 15.1. The van der Waals surface area contributed by atoms with Gasteiger partial charge in [0.15, 0.2) is 5.82 Å². The molecule has 5 nitrogen and oxygen atoms in total. The molecule has 2 heterocycles. The van der Waals surface area contributed by atoms with Crippen molar-refractivity contribution in [3.05, 3.63) is 24.3 Å². The molecule has 0 fully saturated rings. The van der Waals surface area contributed by atoms with E-state index in [0.29, 0.717) is 5.82 Å². The van der Waals surface area contributed by atoms with E-state index in [9.17, 15) is 0 Å². The molecule has 0 saturated carbocycles. The Morgan fingerprint density at radius 3 is 2.88 bits per heavy atom. The van der Waals surface area contributed by atoms with Gasteiger partial charge in [0.25, 0.3) is 0 Å². The Bertz CT molecular complexity index is 489. The van der Waals surface area contributed by atoms with Gasteiger partial charge in [-0.15, -0.1) is 0 Å². The maximum absolute atomic E-state index is 4.42. The van der Waals surface area contributed by atoms with Crippen LogP contribution in [0.4, 0.5) is 5.82 Å². The van der Waals surface area contributed by atoms with Gasteiger partial charge in [0.05, 0.1) is 12.5 Å². The third-order valence-corrected chi connectivity index (χ3v) is 2.39. The van der Waals surface area contributed by atoms with Crippen LogP contribution < -0.4 is 5.32 Å². The molecule has 0 atom stereocenters. The van der Waals surface area contributed by atoms with Crippen molar-refractivity contribution < 1.29 is 0 Å². The highest BCUT2D eigenvalue weighted by Gasteiger charge is 2.08. The van der Waals surface area contributed by atoms with Gasteiger partial charge in [-0.2, -0.15) is 0 Å². The highest BCUT2D eigenvalue weighted by molar-refractivity contribution is 5.52. The first-order chi connectivity index (χ1) is 7.74. The van der Waals surface area contributed by atoms with Gasteiger partial charge in [-0.25, -0.2) is 15.0 Å². The Morgan fingerprint density at radius 1 is 1.38 bits per heavy atom. The standard InChI is InChI=1S/C11H15N5/c1-4-16-7-13-6-9(16)11-14-8(2)5-10(12-3)15-11/h5-7H,4H2,1-3H3,(H,12,14,15). The van der Waals surface area contributed by atoms with Crippen LogP contribution in [0.2, 0.25) is 0 Å². The van der Waals surface area contributed by atoms with Crippen LogP contribution in [0.3, 0.4) is 0 Å². The third kappa shape index (κ3) is 1.88. The van der Waals surface area contributed by atoms with Gasteiger partial charge in [0.2, 0.25) is 0 Å². The van der Waals surface area contributed by atoms with Gasteiger partial charge >= 0.3 is 0 Å². The summed E-state index contributed by atoms with van der Waals surface area (Å²) in [6.45, 7) is 4.89. The molecule has 0 aliphatic rings. The minimum absolute atomic E-state index is 0.712. The minimum atomic E-state index is 0.712. The van der Waals surface area contributed by atoms with E-state index in [1.807, 2.05) is 24.6 Å².